The first-order valence-electron chi connectivity index (χ1n) is 7.30. The van der Waals surface area contributed by atoms with Gasteiger partial charge in [0.25, 0.3) is 5.91 Å². The summed E-state index contributed by atoms with van der Waals surface area (Å²) < 4.78 is 0. The molecule has 114 valence electrons. The van der Waals surface area contributed by atoms with Gasteiger partial charge in [0.1, 0.15) is 11.6 Å². The van der Waals surface area contributed by atoms with E-state index in [4.69, 9.17) is 10.5 Å². The zero-order valence-electron chi connectivity index (χ0n) is 12.9. The van der Waals surface area contributed by atoms with Crippen molar-refractivity contribution in [3.05, 3.63) is 41.1 Å². The Morgan fingerprint density at radius 2 is 1.86 bits per heavy atom. The standard InChI is InChI=1S/C17H20N4O/c1-3-13-7-5-8-14(4-2)16(13)21-17(22)15(11-19)12-20-10-6-9-18/h5,7-8,12,20H,3-4,6,10H2,1-2H3,(H,21,22)/b15-12-. The van der Waals surface area contributed by atoms with Gasteiger partial charge in [-0.15, -0.1) is 0 Å². The first-order chi connectivity index (χ1) is 10.7. The highest BCUT2D eigenvalue weighted by Gasteiger charge is 2.13. The van der Waals surface area contributed by atoms with Crippen LogP contribution < -0.4 is 10.6 Å². The molecular formula is C17H20N4O. The molecule has 2 N–H and O–H groups in total. The number of amides is 1. The largest absolute Gasteiger partial charge is 0.389 e. The molecule has 0 saturated carbocycles. The van der Waals surface area contributed by atoms with Crippen molar-refractivity contribution in [1.82, 2.24) is 5.32 Å². The van der Waals surface area contributed by atoms with Crippen LogP contribution in [-0.4, -0.2) is 12.5 Å². The fourth-order valence-electron chi connectivity index (χ4n) is 2.03. The van der Waals surface area contributed by atoms with E-state index in [9.17, 15) is 4.79 Å². The van der Waals surface area contributed by atoms with Crippen LogP contribution in [0.15, 0.2) is 30.0 Å². The molecule has 0 aliphatic carbocycles. The van der Waals surface area contributed by atoms with E-state index in [2.05, 4.69) is 10.6 Å². The second kappa shape index (κ2) is 9.20. The molecule has 5 heteroatoms. The Bertz CT molecular complexity index is 613. The normalized spacial score (nSPS) is 10.5. The van der Waals surface area contributed by atoms with Crippen molar-refractivity contribution in [2.45, 2.75) is 33.1 Å². The molecule has 0 radical (unpaired) electrons. The monoisotopic (exact) mass is 296 g/mol. The van der Waals surface area contributed by atoms with E-state index in [0.29, 0.717) is 13.0 Å². The van der Waals surface area contributed by atoms with Crippen molar-refractivity contribution in [2.75, 3.05) is 11.9 Å². The van der Waals surface area contributed by atoms with E-state index >= 15 is 0 Å². The number of nitriles is 2. The Morgan fingerprint density at radius 3 is 2.36 bits per heavy atom. The average molecular weight is 296 g/mol. The molecule has 0 unspecified atom stereocenters. The summed E-state index contributed by atoms with van der Waals surface area (Å²) in [5.41, 5.74) is 2.87. The lowest BCUT2D eigenvalue weighted by atomic mass is 10.0. The summed E-state index contributed by atoms with van der Waals surface area (Å²) in [6.45, 7) is 4.45. The van der Waals surface area contributed by atoms with Crippen LogP contribution in [0, 0.1) is 22.7 Å². The lowest BCUT2D eigenvalue weighted by molar-refractivity contribution is -0.112. The number of benzene rings is 1. The van der Waals surface area contributed by atoms with Gasteiger partial charge in [-0.1, -0.05) is 32.0 Å². The van der Waals surface area contributed by atoms with Gasteiger partial charge in [0.15, 0.2) is 0 Å². The Labute approximate surface area is 131 Å². The number of nitrogens with one attached hydrogen (secondary N) is 2. The van der Waals surface area contributed by atoms with Crippen LogP contribution in [0.3, 0.4) is 0 Å². The molecule has 1 aromatic carbocycles. The molecule has 0 aliphatic heterocycles. The Kier molecular flexibility index (Phi) is 7.22. The summed E-state index contributed by atoms with van der Waals surface area (Å²) in [7, 11) is 0. The first-order valence-corrected chi connectivity index (χ1v) is 7.30. The predicted octanol–water partition coefficient (Wildman–Crippen LogP) is 2.66. The Morgan fingerprint density at radius 1 is 1.23 bits per heavy atom. The van der Waals surface area contributed by atoms with Gasteiger partial charge in [0.2, 0.25) is 0 Å². The second-order valence-corrected chi connectivity index (χ2v) is 4.64. The number of hydrogen-bond donors (Lipinski definition) is 2. The minimum atomic E-state index is -0.442. The average Bonchev–Trinajstić information content (AvgIpc) is 2.55. The zero-order valence-corrected chi connectivity index (χ0v) is 12.9. The van der Waals surface area contributed by atoms with Gasteiger partial charge >= 0.3 is 0 Å². The van der Waals surface area contributed by atoms with E-state index in [1.165, 1.54) is 6.20 Å². The van der Waals surface area contributed by atoms with Crippen LogP contribution in [0.25, 0.3) is 0 Å². The van der Waals surface area contributed by atoms with Crippen LogP contribution in [0.2, 0.25) is 0 Å². The minimum absolute atomic E-state index is 0.00843. The maximum atomic E-state index is 12.2. The zero-order chi connectivity index (χ0) is 16.4. The number of nitrogens with zero attached hydrogens (tertiary/aromatic N) is 2. The molecule has 1 aromatic rings. The molecule has 0 aliphatic rings. The van der Waals surface area contributed by atoms with Gasteiger partial charge in [-0.25, -0.2) is 0 Å². The number of carbonyl (C=O) groups excluding carboxylic acids is 1. The molecule has 0 bridgehead atoms. The molecule has 0 saturated heterocycles. The van der Waals surface area contributed by atoms with Crippen LogP contribution >= 0.6 is 0 Å². The molecule has 1 amide bonds. The van der Waals surface area contributed by atoms with Gasteiger partial charge in [0.05, 0.1) is 12.5 Å². The molecule has 0 heterocycles. The van der Waals surface area contributed by atoms with Crippen LogP contribution in [0.5, 0.6) is 0 Å². The van der Waals surface area contributed by atoms with Crippen molar-refractivity contribution in [1.29, 1.82) is 10.5 Å². The van der Waals surface area contributed by atoms with Crippen LogP contribution in [0.1, 0.15) is 31.4 Å². The van der Waals surface area contributed by atoms with Gasteiger partial charge in [-0.2, -0.15) is 10.5 Å². The fraction of sp³-hybridized carbons (Fsp3) is 0.353. The third kappa shape index (κ3) is 4.64. The molecule has 0 spiro atoms. The highest BCUT2D eigenvalue weighted by Crippen LogP contribution is 2.23. The van der Waals surface area contributed by atoms with Crippen LogP contribution in [-0.2, 0) is 17.6 Å². The third-order valence-electron chi connectivity index (χ3n) is 3.23. The molecule has 0 aromatic heterocycles. The van der Waals surface area contributed by atoms with Gasteiger partial charge in [0, 0.05) is 18.4 Å². The lowest BCUT2D eigenvalue weighted by Crippen LogP contribution is -2.18. The molecule has 1 rings (SSSR count). The summed E-state index contributed by atoms with van der Waals surface area (Å²) in [4.78, 5) is 12.2. The highest BCUT2D eigenvalue weighted by atomic mass is 16.1. The Balaban J connectivity index is 2.92. The van der Waals surface area contributed by atoms with E-state index < -0.39 is 5.91 Å². The van der Waals surface area contributed by atoms with Crippen LogP contribution in [0.4, 0.5) is 5.69 Å². The van der Waals surface area contributed by atoms with Crippen molar-refractivity contribution in [3.63, 3.8) is 0 Å². The number of para-hydroxylation sites is 1. The topological polar surface area (TPSA) is 88.7 Å². The van der Waals surface area contributed by atoms with E-state index in [0.717, 1.165) is 29.7 Å². The summed E-state index contributed by atoms with van der Waals surface area (Å²) in [5.74, 6) is -0.442. The molecular weight excluding hydrogens is 276 g/mol. The number of rotatable bonds is 7. The quantitative estimate of drug-likeness (QED) is 0.460. The van der Waals surface area contributed by atoms with Crippen molar-refractivity contribution in [2.24, 2.45) is 0 Å². The number of aryl methyl sites for hydroxylation is 2. The summed E-state index contributed by atoms with van der Waals surface area (Å²) in [6, 6.07) is 9.77. The summed E-state index contributed by atoms with van der Waals surface area (Å²) >= 11 is 0. The first kappa shape index (κ1) is 17.3. The maximum Gasteiger partial charge on any atom is 0.267 e. The minimum Gasteiger partial charge on any atom is -0.389 e. The number of carbonyl (C=O) groups is 1. The number of hydrogen-bond acceptors (Lipinski definition) is 4. The Hall–Kier alpha value is -2.79. The van der Waals surface area contributed by atoms with E-state index in [-0.39, 0.29) is 5.57 Å². The fourth-order valence-corrected chi connectivity index (χ4v) is 2.03. The number of anilines is 1. The van der Waals surface area contributed by atoms with Gasteiger partial charge < -0.3 is 10.6 Å². The molecule has 5 nitrogen and oxygen atoms in total. The second-order valence-electron chi connectivity index (χ2n) is 4.64. The van der Waals surface area contributed by atoms with Crippen molar-refractivity contribution in [3.8, 4) is 12.1 Å². The smallest absolute Gasteiger partial charge is 0.267 e. The van der Waals surface area contributed by atoms with E-state index in [1.807, 2.05) is 44.2 Å². The molecule has 22 heavy (non-hydrogen) atoms. The van der Waals surface area contributed by atoms with E-state index in [1.54, 1.807) is 0 Å². The summed E-state index contributed by atoms with van der Waals surface area (Å²) in [6.07, 6.45) is 3.27. The lowest BCUT2D eigenvalue weighted by Gasteiger charge is -2.14. The molecule has 0 atom stereocenters. The van der Waals surface area contributed by atoms with Gasteiger partial charge in [-0.3, -0.25) is 4.79 Å². The van der Waals surface area contributed by atoms with Gasteiger partial charge in [-0.05, 0) is 24.0 Å². The predicted molar refractivity (Wildman–Crippen MR) is 85.8 cm³/mol. The van der Waals surface area contributed by atoms with Crippen molar-refractivity contribution < 1.29 is 4.79 Å². The highest BCUT2D eigenvalue weighted by molar-refractivity contribution is 6.07. The molecule has 0 fully saturated rings. The third-order valence-corrected chi connectivity index (χ3v) is 3.23. The summed E-state index contributed by atoms with van der Waals surface area (Å²) in [5, 5.41) is 23.2. The van der Waals surface area contributed by atoms with Crippen molar-refractivity contribution >= 4 is 11.6 Å². The maximum absolute atomic E-state index is 12.2. The SMILES string of the molecule is CCc1cccc(CC)c1NC(=O)/C(C#N)=C\NCCC#N.